The quantitative estimate of drug-likeness (QED) is 0.871. The number of imide groups is 1. The van der Waals surface area contributed by atoms with Crippen molar-refractivity contribution >= 4 is 40.8 Å². The highest BCUT2D eigenvalue weighted by Gasteiger charge is 2.25. The molecule has 3 rings (SSSR count). The normalized spacial score (nSPS) is 13.8. The molecule has 124 valence electrons. The van der Waals surface area contributed by atoms with Crippen molar-refractivity contribution in [2.75, 3.05) is 25.0 Å². The third-order valence-electron chi connectivity index (χ3n) is 3.72. The van der Waals surface area contributed by atoms with Crippen molar-refractivity contribution in [1.82, 2.24) is 10.2 Å². The van der Waals surface area contributed by atoms with Gasteiger partial charge in [0.15, 0.2) is 0 Å². The Morgan fingerprint density at radius 3 is 2.62 bits per heavy atom. The van der Waals surface area contributed by atoms with Crippen molar-refractivity contribution in [3.8, 4) is 11.1 Å². The van der Waals surface area contributed by atoms with Crippen LogP contribution in [-0.2, 0) is 4.79 Å². The van der Waals surface area contributed by atoms with Crippen molar-refractivity contribution in [1.29, 1.82) is 0 Å². The van der Waals surface area contributed by atoms with Crippen molar-refractivity contribution in [3.05, 3.63) is 52.5 Å². The van der Waals surface area contributed by atoms with Gasteiger partial charge < -0.3 is 10.6 Å². The van der Waals surface area contributed by atoms with Crippen LogP contribution >= 0.6 is 23.2 Å². The summed E-state index contributed by atoms with van der Waals surface area (Å²) in [5.74, 6) is -0.259. The molecule has 1 aliphatic rings. The zero-order chi connectivity index (χ0) is 17.1. The van der Waals surface area contributed by atoms with E-state index >= 15 is 0 Å². The molecule has 0 saturated carbocycles. The molecule has 3 amide bonds. The SMILES string of the molecule is O=C(CNc1cccc(-c2ccc(Cl)c(Cl)c2)c1)N1CCNC1=O. The van der Waals surface area contributed by atoms with Crippen molar-refractivity contribution in [3.63, 3.8) is 0 Å². The molecule has 0 unspecified atom stereocenters. The maximum Gasteiger partial charge on any atom is 0.324 e. The highest BCUT2D eigenvalue weighted by Crippen LogP contribution is 2.29. The molecule has 2 aromatic carbocycles. The number of amides is 3. The molecule has 2 aromatic rings. The average Bonchev–Trinajstić information content (AvgIpc) is 3.01. The zero-order valence-corrected chi connectivity index (χ0v) is 14.2. The molecule has 2 N–H and O–H groups in total. The number of anilines is 1. The third kappa shape index (κ3) is 3.63. The van der Waals surface area contributed by atoms with E-state index in [-0.39, 0.29) is 18.5 Å². The molecule has 1 heterocycles. The molecule has 0 atom stereocenters. The Hall–Kier alpha value is -2.24. The molecule has 24 heavy (non-hydrogen) atoms. The van der Waals surface area contributed by atoms with Crippen LogP contribution in [0.3, 0.4) is 0 Å². The van der Waals surface area contributed by atoms with E-state index in [0.717, 1.165) is 16.8 Å². The van der Waals surface area contributed by atoms with Gasteiger partial charge in [0.1, 0.15) is 0 Å². The number of halogens is 2. The molecule has 1 aliphatic heterocycles. The zero-order valence-electron chi connectivity index (χ0n) is 12.7. The standard InChI is InChI=1S/C17H15Cl2N3O2/c18-14-5-4-12(9-15(14)19)11-2-1-3-13(8-11)21-10-16(23)22-7-6-20-17(22)24/h1-5,8-9,21H,6-7,10H2,(H,20,24). The lowest BCUT2D eigenvalue weighted by Crippen LogP contribution is -2.37. The lowest BCUT2D eigenvalue weighted by atomic mass is 10.1. The Morgan fingerprint density at radius 2 is 1.92 bits per heavy atom. The minimum atomic E-state index is -0.341. The van der Waals surface area contributed by atoms with E-state index in [1.54, 1.807) is 12.1 Å². The predicted molar refractivity (Wildman–Crippen MR) is 95.5 cm³/mol. The first-order valence-electron chi connectivity index (χ1n) is 7.42. The number of benzene rings is 2. The van der Waals surface area contributed by atoms with Crippen LogP contribution < -0.4 is 10.6 Å². The first-order chi connectivity index (χ1) is 11.5. The Kier molecular flexibility index (Phi) is 4.92. The summed E-state index contributed by atoms with van der Waals surface area (Å²) >= 11 is 12.0. The number of carbonyl (C=O) groups is 2. The number of nitrogens with one attached hydrogen (secondary N) is 2. The van der Waals surface area contributed by atoms with Crippen LogP contribution in [0.4, 0.5) is 10.5 Å². The summed E-state index contributed by atoms with van der Waals surface area (Å²) in [6.45, 7) is 0.957. The van der Waals surface area contributed by atoms with E-state index in [1.807, 2.05) is 30.3 Å². The second-order valence-corrected chi connectivity index (χ2v) is 6.15. The van der Waals surface area contributed by atoms with E-state index in [2.05, 4.69) is 10.6 Å². The molecule has 0 spiro atoms. The van der Waals surface area contributed by atoms with Crippen molar-refractivity contribution in [2.45, 2.75) is 0 Å². The van der Waals surface area contributed by atoms with Crippen LogP contribution in [0.25, 0.3) is 11.1 Å². The second-order valence-electron chi connectivity index (χ2n) is 5.34. The van der Waals surface area contributed by atoms with Crippen LogP contribution in [0.15, 0.2) is 42.5 Å². The molecular formula is C17H15Cl2N3O2. The highest BCUT2D eigenvalue weighted by atomic mass is 35.5. The van der Waals surface area contributed by atoms with Crippen molar-refractivity contribution < 1.29 is 9.59 Å². The van der Waals surface area contributed by atoms with Gasteiger partial charge in [-0.15, -0.1) is 0 Å². The topological polar surface area (TPSA) is 61.4 Å². The monoisotopic (exact) mass is 363 g/mol. The Labute approximate surface area is 149 Å². The number of hydrogen-bond acceptors (Lipinski definition) is 3. The number of rotatable bonds is 4. The second kappa shape index (κ2) is 7.11. The van der Waals surface area contributed by atoms with Gasteiger partial charge in [0.2, 0.25) is 5.91 Å². The van der Waals surface area contributed by atoms with Gasteiger partial charge in [-0.05, 0) is 35.4 Å². The van der Waals surface area contributed by atoms with Gasteiger partial charge in [0.25, 0.3) is 0 Å². The molecule has 0 aliphatic carbocycles. The van der Waals surface area contributed by atoms with E-state index in [9.17, 15) is 9.59 Å². The molecule has 0 bridgehead atoms. The van der Waals surface area contributed by atoms with Crippen LogP contribution in [0.2, 0.25) is 10.0 Å². The Bertz CT molecular complexity index is 795. The molecule has 7 heteroatoms. The van der Waals surface area contributed by atoms with Gasteiger partial charge in [-0.3, -0.25) is 9.69 Å². The number of carbonyl (C=O) groups excluding carboxylic acids is 2. The summed E-state index contributed by atoms with van der Waals surface area (Å²) in [5, 5.41) is 6.64. The van der Waals surface area contributed by atoms with Gasteiger partial charge in [-0.1, -0.05) is 41.4 Å². The summed E-state index contributed by atoms with van der Waals surface area (Å²) < 4.78 is 0. The van der Waals surface area contributed by atoms with Crippen molar-refractivity contribution in [2.24, 2.45) is 0 Å². The van der Waals surface area contributed by atoms with E-state index in [4.69, 9.17) is 23.2 Å². The van der Waals surface area contributed by atoms with Crippen LogP contribution in [0.5, 0.6) is 0 Å². The lowest BCUT2D eigenvalue weighted by molar-refractivity contribution is -0.125. The predicted octanol–water partition coefficient (Wildman–Crippen LogP) is 3.62. The first-order valence-corrected chi connectivity index (χ1v) is 8.18. The fourth-order valence-electron chi connectivity index (χ4n) is 2.47. The van der Waals surface area contributed by atoms with Crippen LogP contribution in [0, 0.1) is 0 Å². The maximum atomic E-state index is 12.0. The summed E-state index contributed by atoms with van der Waals surface area (Å²) in [4.78, 5) is 24.7. The number of urea groups is 1. The molecular weight excluding hydrogens is 349 g/mol. The molecule has 0 aromatic heterocycles. The van der Waals surface area contributed by atoms with Gasteiger partial charge >= 0.3 is 6.03 Å². The van der Waals surface area contributed by atoms with E-state index in [1.165, 1.54) is 4.90 Å². The number of nitrogens with zero attached hydrogens (tertiary/aromatic N) is 1. The smallest absolute Gasteiger partial charge is 0.324 e. The van der Waals surface area contributed by atoms with Gasteiger partial charge in [0.05, 0.1) is 16.6 Å². The maximum absolute atomic E-state index is 12.0. The van der Waals surface area contributed by atoms with Crippen LogP contribution in [0.1, 0.15) is 0 Å². The van der Waals surface area contributed by atoms with E-state index < -0.39 is 0 Å². The summed E-state index contributed by atoms with van der Waals surface area (Å²) in [7, 11) is 0. The Balaban J connectivity index is 1.70. The average molecular weight is 364 g/mol. The minimum Gasteiger partial charge on any atom is -0.376 e. The summed E-state index contributed by atoms with van der Waals surface area (Å²) in [5.41, 5.74) is 2.66. The van der Waals surface area contributed by atoms with Gasteiger partial charge in [-0.2, -0.15) is 0 Å². The summed E-state index contributed by atoms with van der Waals surface area (Å²) in [6, 6.07) is 12.7. The van der Waals surface area contributed by atoms with Gasteiger partial charge in [0, 0.05) is 18.8 Å². The number of hydrogen-bond donors (Lipinski definition) is 2. The van der Waals surface area contributed by atoms with E-state index in [0.29, 0.717) is 23.1 Å². The third-order valence-corrected chi connectivity index (χ3v) is 4.46. The Morgan fingerprint density at radius 1 is 1.12 bits per heavy atom. The largest absolute Gasteiger partial charge is 0.376 e. The lowest BCUT2D eigenvalue weighted by Gasteiger charge is -2.14. The fraction of sp³-hybridized carbons (Fsp3) is 0.176. The fourth-order valence-corrected chi connectivity index (χ4v) is 2.77. The molecule has 0 radical (unpaired) electrons. The molecule has 1 fully saturated rings. The molecule has 1 saturated heterocycles. The first kappa shape index (κ1) is 16.6. The molecule has 5 nitrogen and oxygen atoms in total. The summed E-state index contributed by atoms with van der Waals surface area (Å²) in [6.07, 6.45) is 0. The highest BCUT2D eigenvalue weighted by molar-refractivity contribution is 6.42. The van der Waals surface area contributed by atoms with Crippen LogP contribution in [-0.4, -0.2) is 36.5 Å². The minimum absolute atomic E-state index is 0.0538. The van der Waals surface area contributed by atoms with Gasteiger partial charge in [-0.25, -0.2) is 4.79 Å².